The molecule has 0 spiro atoms. The molecule has 1 rings (SSSR count). The van der Waals surface area contributed by atoms with Crippen molar-refractivity contribution < 1.29 is 14.3 Å². The monoisotopic (exact) mass is 306 g/mol. The summed E-state index contributed by atoms with van der Waals surface area (Å²) in [7, 11) is 1.63. The molecule has 1 N–H and O–H groups in total. The van der Waals surface area contributed by atoms with Gasteiger partial charge in [-0.05, 0) is 30.5 Å². The Balaban J connectivity index is 2.36. The Kier molecular flexibility index (Phi) is 8.04. The van der Waals surface area contributed by atoms with Crippen molar-refractivity contribution in [2.24, 2.45) is 0 Å². The van der Waals surface area contributed by atoms with E-state index in [1.165, 1.54) is 6.92 Å². The van der Waals surface area contributed by atoms with E-state index >= 15 is 0 Å². The zero-order valence-electron chi connectivity index (χ0n) is 13.7. The smallest absolute Gasteiger partial charge is 0.239 e. The van der Waals surface area contributed by atoms with E-state index in [1.807, 2.05) is 24.3 Å². The first-order valence-corrected chi connectivity index (χ1v) is 7.72. The van der Waals surface area contributed by atoms with Crippen molar-refractivity contribution in [3.8, 4) is 5.75 Å². The van der Waals surface area contributed by atoms with Gasteiger partial charge in [0.15, 0.2) is 0 Å². The van der Waals surface area contributed by atoms with E-state index in [0.29, 0.717) is 13.1 Å². The first-order valence-electron chi connectivity index (χ1n) is 7.72. The standard InChI is InChI=1S/C17H26N2O3/c1-4-5-11-19(14(2)20)13-17(21)18-10-9-15-7-6-8-16(12-15)22-3/h6-8,12H,4-5,9-11,13H2,1-3H3,(H,18,21). The highest BCUT2D eigenvalue weighted by Gasteiger charge is 2.12. The predicted molar refractivity (Wildman–Crippen MR) is 86.9 cm³/mol. The highest BCUT2D eigenvalue weighted by atomic mass is 16.5. The lowest BCUT2D eigenvalue weighted by atomic mass is 10.1. The molecule has 0 aliphatic heterocycles. The molecule has 0 bridgehead atoms. The normalized spacial score (nSPS) is 10.1. The summed E-state index contributed by atoms with van der Waals surface area (Å²) in [5, 5.41) is 2.86. The number of carbonyl (C=O) groups is 2. The molecule has 0 fully saturated rings. The van der Waals surface area contributed by atoms with Gasteiger partial charge in [0.2, 0.25) is 11.8 Å². The number of carbonyl (C=O) groups excluding carboxylic acids is 2. The average Bonchev–Trinajstić information content (AvgIpc) is 2.51. The van der Waals surface area contributed by atoms with Crippen LogP contribution in [-0.4, -0.2) is 43.5 Å². The molecule has 1 aromatic carbocycles. The fourth-order valence-corrected chi connectivity index (χ4v) is 2.10. The number of amides is 2. The molecule has 0 aromatic heterocycles. The summed E-state index contributed by atoms with van der Waals surface area (Å²) in [5.74, 6) is 0.636. The largest absolute Gasteiger partial charge is 0.497 e. The second kappa shape index (κ2) is 9.82. The Hall–Kier alpha value is -2.04. The van der Waals surface area contributed by atoms with Crippen LogP contribution in [0, 0.1) is 0 Å². The van der Waals surface area contributed by atoms with Gasteiger partial charge in [-0.2, -0.15) is 0 Å². The van der Waals surface area contributed by atoms with Gasteiger partial charge >= 0.3 is 0 Å². The molecule has 0 aliphatic rings. The van der Waals surface area contributed by atoms with Gasteiger partial charge in [-0.15, -0.1) is 0 Å². The van der Waals surface area contributed by atoms with Crippen molar-refractivity contribution in [2.45, 2.75) is 33.1 Å². The molecule has 0 radical (unpaired) electrons. The summed E-state index contributed by atoms with van der Waals surface area (Å²) in [6.45, 7) is 4.87. The molecule has 0 atom stereocenters. The van der Waals surface area contributed by atoms with Crippen molar-refractivity contribution in [1.82, 2.24) is 10.2 Å². The molecule has 122 valence electrons. The average molecular weight is 306 g/mol. The predicted octanol–water partition coefficient (Wildman–Crippen LogP) is 2.00. The second-order valence-electron chi connectivity index (χ2n) is 5.25. The van der Waals surface area contributed by atoms with E-state index < -0.39 is 0 Å². The third kappa shape index (κ3) is 6.61. The van der Waals surface area contributed by atoms with Crippen LogP contribution in [0.25, 0.3) is 0 Å². The van der Waals surface area contributed by atoms with Gasteiger partial charge < -0.3 is 15.0 Å². The molecule has 2 amide bonds. The van der Waals surface area contributed by atoms with Crippen LogP contribution < -0.4 is 10.1 Å². The zero-order valence-corrected chi connectivity index (χ0v) is 13.7. The minimum Gasteiger partial charge on any atom is -0.497 e. The number of benzene rings is 1. The lowest BCUT2D eigenvalue weighted by molar-refractivity contribution is -0.134. The van der Waals surface area contributed by atoms with E-state index in [0.717, 1.165) is 30.6 Å². The van der Waals surface area contributed by atoms with E-state index in [9.17, 15) is 9.59 Å². The topological polar surface area (TPSA) is 58.6 Å². The number of hydrogen-bond donors (Lipinski definition) is 1. The summed E-state index contributed by atoms with van der Waals surface area (Å²) in [5.41, 5.74) is 1.11. The number of hydrogen-bond acceptors (Lipinski definition) is 3. The summed E-state index contributed by atoms with van der Waals surface area (Å²) in [4.78, 5) is 25.0. The van der Waals surface area contributed by atoms with Crippen LogP contribution in [0.1, 0.15) is 32.3 Å². The Bertz CT molecular complexity index is 489. The molecule has 0 aliphatic carbocycles. The van der Waals surface area contributed by atoms with E-state index in [2.05, 4.69) is 12.2 Å². The van der Waals surface area contributed by atoms with Crippen molar-refractivity contribution >= 4 is 11.8 Å². The van der Waals surface area contributed by atoms with Crippen LogP contribution in [0.15, 0.2) is 24.3 Å². The number of unbranched alkanes of at least 4 members (excludes halogenated alkanes) is 1. The number of rotatable bonds is 9. The van der Waals surface area contributed by atoms with Gasteiger partial charge in [0.25, 0.3) is 0 Å². The molecule has 0 heterocycles. The third-order valence-electron chi connectivity index (χ3n) is 3.43. The summed E-state index contributed by atoms with van der Waals surface area (Å²) in [6, 6.07) is 7.77. The molecule has 0 unspecified atom stereocenters. The minimum absolute atomic E-state index is 0.0589. The molecule has 1 aromatic rings. The Labute approximate surface area is 132 Å². The maximum atomic E-state index is 11.9. The van der Waals surface area contributed by atoms with E-state index in [1.54, 1.807) is 12.0 Å². The third-order valence-corrected chi connectivity index (χ3v) is 3.43. The fraction of sp³-hybridized carbons (Fsp3) is 0.529. The maximum absolute atomic E-state index is 11.9. The first kappa shape index (κ1) is 18.0. The molecule has 0 saturated carbocycles. The highest BCUT2D eigenvalue weighted by Crippen LogP contribution is 2.12. The van der Waals surface area contributed by atoms with Crippen molar-refractivity contribution in [3.63, 3.8) is 0 Å². The Morgan fingerprint density at radius 3 is 2.73 bits per heavy atom. The minimum atomic E-state index is -0.116. The van der Waals surface area contributed by atoms with Gasteiger partial charge in [0.1, 0.15) is 5.75 Å². The van der Waals surface area contributed by atoms with Crippen molar-refractivity contribution in [1.29, 1.82) is 0 Å². The summed E-state index contributed by atoms with van der Waals surface area (Å²) < 4.78 is 5.17. The van der Waals surface area contributed by atoms with Crippen LogP contribution >= 0.6 is 0 Å². The van der Waals surface area contributed by atoms with Gasteiger partial charge in [-0.25, -0.2) is 0 Å². The molecule has 0 saturated heterocycles. The Morgan fingerprint density at radius 2 is 2.09 bits per heavy atom. The quantitative estimate of drug-likeness (QED) is 0.759. The lowest BCUT2D eigenvalue weighted by Crippen LogP contribution is -2.40. The van der Waals surface area contributed by atoms with E-state index in [4.69, 9.17) is 4.74 Å². The van der Waals surface area contributed by atoms with Gasteiger partial charge in [0, 0.05) is 20.0 Å². The number of nitrogens with one attached hydrogen (secondary N) is 1. The van der Waals surface area contributed by atoms with Crippen LogP contribution in [0.4, 0.5) is 0 Å². The lowest BCUT2D eigenvalue weighted by Gasteiger charge is -2.20. The number of ether oxygens (including phenoxy) is 1. The second-order valence-corrected chi connectivity index (χ2v) is 5.25. The van der Waals surface area contributed by atoms with Gasteiger partial charge in [-0.3, -0.25) is 9.59 Å². The summed E-state index contributed by atoms with van der Waals surface area (Å²) >= 11 is 0. The first-order chi connectivity index (χ1) is 10.6. The molecule has 5 nitrogen and oxygen atoms in total. The van der Waals surface area contributed by atoms with Crippen LogP contribution in [0.2, 0.25) is 0 Å². The van der Waals surface area contributed by atoms with Crippen LogP contribution in [0.3, 0.4) is 0 Å². The van der Waals surface area contributed by atoms with Crippen LogP contribution in [0.5, 0.6) is 5.75 Å². The molecular weight excluding hydrogens is 280 g/mol. The zero-order chi connectivity index (χ0) is 16.4. The SMILES string of the molecule is CCCCN(CC(=O)NCCc1cccc(OC)c1)C(C)=O. The molecular formula is C17H26N2O3. The molecule has 22 heavy (non-hydrogen) atoms. The van der Waals surface area contributed by atoms with E-state index in [-0.39, 0.29) is 18.4 Å². The van der Waals surface area contributed by atoms with Gasteiger partial charge in [0.05, 0.1) is 13.7 Å². The maximum Gasteiger partial charge on any atom is 0.239 e. The Morgan fingerprint density at radius 1 is 1.32 bits per heavy atom. The van der Waals surface area contributed by atoms with Crippen molar-refractivity contribution in [2.75, 3.05) is 26.7 Å². The summed E-state index contributed by atoms with van der Waals surface area (Å²) in [6.07, 6.45) is 2.65. The number of methoxy groups -OCH3 is 1. The van der Waals surface area contributed by atoms with Gasteiger partial charge in [-0.1, -0.05) is 25.5 Å². The fourth-order valence-electron chi connectivity index (χ4n) is 2.10. The van der Waals surface area contributed by atoms with Crippen LogP contribution in [-0.2, 0) is 16.0 Å². The highest BCUT2D eigenvalue weighted by molar-refractivity contribution is 5.83. The number of nitrogens with zero attached hydrogens (tertiary/aromatic N) is 1. The van der Waals surface area contributed by atoms with Crippen molar-refractivity contribution in [3.05, 3.63) is 29.8 Å². The molecule has 5 heteroatoms.